The van der Waals surface area contributed by atoms with Crippen molar-refractivity contribution >= 4 is 227 Å². The zero-order valence-corrected chi connectivity index (χ0v) is 87.3. The second-order valence-corrected chi connectivity index (χ2v) is 53.2. The summed E-state index contributed by atoms with van der Waals surface area (Å²) >= 11 is 38.4. The molecule has 19 rings (SSSR count). The van der Waals surface area contributed by atoms with E-state index in [0.717, 1.165) is 9.13 Å². The molecule has 67 nitrogen and oxygen atoms in total. The van der Waals surface area contributed by atoms with Crippen LogP contribution in [0.3, 0.4) is 0 Å². The van der Waals surface area contributed by atoms with Crippen LogP contribution in [0, 0.1) is 0 Å². The minimum absolute atomic E-state index is 0.0346. The van der Waals surface area contributed by atoms with Gasteiger partial charge in [0.05, 0.1) is 121 Å². The number of aliphatic hydroxyl groups excluding tert-OH is 1. The Morgan fingerprint density at radius 3 is 0.705 bits per heavy atom. The Kier molecular flexibility index (Phi) is 31.4. The Balaban J connectivity index is 0.543. The van der Waals surface area contributed by atoms with Gasteiger partial charge in [0.1, 0.15) is 98.0 Å². The van der Waals surface area contributed by atoms with Crippen molar-refractivity contribution in [2.75, 3.05) is 86.4 Å². The van der Waals surface area contributed by atoms with E-state index in [9.17, 15) is 77.8 Å². The minimum atomic E-state index is -4.80. The first kappa shape index (κ1) is 109. The highest BCUT2D eigenvalue weighted by molar-refractivity contribution is 8.09. The van der Waals surface area contributed by atoms with Gasteiger partial charge in [0.2, 0.25) is 29.7 Å². The lowest BCUT2D eigenvalue weighted by Gasteiger charge is -2.29. The number of aromatic amines is 5. The van der Waals surface area contributed by atoms with E-state index in [0.29, 0.717) is 0 Å². The van der Waals surface area contributed by atoms with Crippen LogP contribution >= 0.6 is 47.0 Å². The third-order valence-electron chi connectivity index (χ3n) is 23.8. The van der Waals surface area contributed by atoms with E-state index in [1.165, 1.54) is 79.0 Å². The third-order valence-corrected chi connectivity index (χ3v) is 34.2. The molecule has 0 aromatic carbocycles. The minimum Gasteiger partial charge on any atom is -0.390 e. The molecule has 0 aliphatic carbocycles. The van der Waals surface area contributed by atoms with Crippen LogP contribution in [0.5, 0.6) is 0 Å². The van der Waals surface area contributed by atoms with Gasteiger partial charge in [-0.2, -0.15) is 34.9 Å². The monoisotopic (exact) mass is 2350 g/mol. The summed E-state index contributed by atoms with van der Waals surface area (Å²) in [5.74, 6) is -1.83. The number of aromatic nitrogens is 24. The summed E-state index contributed by atoms with van der Waals surface area (Å²) in [6.07, 6.45) is -21.8. The zero-order valence-electron chi connectivity index (χ0n) is 75.3. The highest BCUT2D eigenvalue weighted by Gasteiger charge is 2.52. The lowest BCUT2D eigenvalue weighted by atomic mass is 10.2. The Bertz CT molecular complexity index is 8000. The Morgan fingerprint density at radius 2 is 0.490 bits per heavy atom. The maximum atomic E-state index is 13.4. The number of rotatable bonds is 40. The van der Waals surface area contributed by atoms with Crippen LogP contribution in [0.1, 0.15) is 88.5 Å². The number of hydrogen-bond donors (Lipinski definition) is 21. The van der Waals surface area contributed by atoms with Crippen molar-refractivity contribution in [1.29, 1.82) is 0 Å². The van der Waals surface area contributed by atoms with Crippen LogP contribution < -0.4 is 79.3 Å². The van der Waals surface area contributed by atoms with Crippen molar-refractivity contribution in [3.05, 3.63) is 129 Å². The van der Waals surface area contributed by atoms with E-state index in [1.807, 2.05) is 0 Å². The van der Waals surface area contributed by atoms with Gasteiger partial charge in [-0.05, 0) is 94.8 Å². The van der Waals surface area contributed by atoms with Crippen LogP contribution in [-0.4, -0.2) is 293 Å². The molecule has 806 valence electrons. The first-order chi connectivity index (χ1) is 70.3. The average molecular weight is 2350 g/mol. The van der Waals surface area contributed by atoms with Crippen molar-refractivity contribution in [2.45, 2.75) is 174 Å². The van der Waals surface area contributed by atoms with Crippen molar-refractivity contribution < 1.29 is 136 Å². The summed E-state index contributed by atoms with van der Waals surface area (Å²) in [7, 11) is 0. The average Bonchev–Trinajstić information content (AvgIpc) is 1.67. The number of nitrogen functional groups attached to an aromatic ring is 7. The number of H-pyrrole nitrogens is 5. The van der Waals surface area contributed by atoms with Gasteiger partial charge in [0, 0.05) is 57.3 Å². The highest BCUT2D eigenvalue weighted by atomic mass is 32.5. The fraction of sp³-hybridized carbons (Fsp3) is 0.515. The van der Waals surface area contributed by atoms with Gasteiger partial charge in [-0.15, -0.1) is 0 Å². The fourth-order valence-electron chi connectivity index (χ4n) is 17.3. The SMILES string of the molecule is Nc1ccn(C2CC(OP(O)(=S)OCC3OC(n4cnc5c(=O)[nH]c(N)nc54)CC3OP(O)(=S)OCC3OC(n4cnc5c(=O)[nH]c(N)nc54)CC3OP(O)(=S)OCC3OC(n4cnc5c(=O)[nH]c(N)nc54)CC3OP(O)(=S)OCC3OC(n4ccc(N)nc4=O)CC3OP(O)(=S)OCC3OC(n4cnc5c(=O)[nH]c(N)nc54)CC3O)C(COP(O)(=S)OC3CC(n4cnc5c(=O)[nH]c(N)nc54)OC3COP(O)(O)=S)O2)c(=O)n1. The molecule has 27 atom stereocenters. The third kappa shape index (κ3) is 24.7. The molecular formula is C68H86N31O36P7S7. The van der Waals surface area contributed by atoms with Gasteiger partial charge in [0.15, 0.2) is 55.8 Å². The number of nitrogens with one attached hydrogen (secondary N) is 5. The standard InChI is InChI=1S/C68H86N31O36P7S7/c69-38-1-3-93(67(106)81-38)41-6-25(130-137(110,144)117-12-31-24(100)5-40(123-31)95-19-76-47-52(95)83-62(71)88-57(47)101)33(124-41)14-119-140(113,147)133-28-9-44(97-21-78-49-54(97)85-64(73)90-59(49)103)128-36(28)17-121-142(115,149)135-30-11-46(99-23-80-51-56(99)87-66(75)92-61(51)105)129-37(30)18-122-141(114,148)134-29-10-45(98-22-79-50-55(98)86-65(74)91-60(50)104)127-35(29)16-120-138(111,145)131-26-7-42(94-4-2-39(70)82-68(94)107)125-34(26)15-118-139(112,146)132-27-8-43(126-32(27)13-116-136(108,109)143)96-20-77-48-53(96)84-63(72)89-58(48)102/h1-4,19-37,40-46,100H,5-18H2,(H,110,144)(H,111,145)(H,112,146)(H,113,147)(H,114,148)(H,115,149)(H2,69,81,106)(H2,70,82,107)(H2,108,109,143)(H3,71,83,88,101)(H3,72,84,89,102)(H3,73,85,90,103)(H3,74,86,91,104)(H3,75,87,92,105). The predicted molar refractivity (Wildman–Crippen MR) is 533 cm³/mol. The van der Waals surface area contributed by atoms with Crippen molar-refractivity contribution in [3.8, 4) is 0 Å². The molecule has 28 N–H and O–H groups in total. The molecule has 12 aromatic rings. The Morgan fingerprint density at radius 1 is 0.295 bits per heavy atom. The van der Waals surface area contributed by atoms with E-state index in [4.69, 9.17) is 203 Å². The van der Waals surface area contributed by atoms with Crippen LogP contribution in [-0.2, 0) is 175 Å². The molecule has 0 radical (unpaired) electrons. The first-order valence-electron chi connectivity index (χ1n) is 43.6. The molecule has 81 heteroatoms. The molecule has 149 heavy (non-hydrogen) atoms. The molecule has 0 bridgehead atoms. The number of anilines is 7. The van der Waals surface area contributed by atoms with Crippen LogP contribution in [0.25, 0.3) is 55.8 Å². The second kappa shape index (κ2) is 43.0. The Hall–Kier alpha value is -8.50. The Labute approximate surface area is 863 Å². The van der Waals surface area contributed by atoms with Crippen LogP contribution in [0.15, 0.2) is 89.7 Å². The molecule has 7 saturated heterocycles. The van der Waals surface area contributed by atoms with Crippen LogP contribution in [0.4, 0.5) is 41.4 Å². The summed E-state index contributed by atoms with van der Waals surface area (Å²) in [5, 5.41) is 11.2. The van der Waals surface area contributed by atoms with E-state index >= 15 is 0 Å². The molecule has 12 aromatic heterocycles. The summed E-state index contributed by atoms with van der Waals surface area (Å²) < 4.78 is 131. The molecule has 7 aliphatic rings. The molecule has 19 heterocycles. The lowest BCUT2D eigenvalue weighted by Crippen LogP contribution is -2.32. The maximum absolute atomic E-state index is 13.4. The molecule has 0 spiro atoms. The van der Waals surface area contributed by atoms with E-state index in [1.54, 1.807) is 0 Å². The highest BCUT2D eigenvalue weighted by Crippen LogP contribution is 2.59. The topological polar surface area (TPSA) is 936 Å². The number of aliphatic hydroxyl groups is 1. The van der Waals surface area contributed by atoms with Crippen molar-refractivity contribution in [3.63, 3.8) is 0 Å². The predicted octanol–water partition coefficient (Wildman–Crippen LogP) is -3.45. The molecule has 7 fully saturated rings. The smallest absolute Gasteiger partial charge is 0.351 e. The molecule has 0 saturated carbocycles. The van der Waals surface area contributed by atoms with Crippen molar-refractivity contribution in [1.82, 2.24) is 117 Å². The van der Waals surface area contributed by atoms with Crippen LogP contribution in [0.2, 0.25) is 0 Å². The maximum Gasteiger partial charge on any atom is 0.351 e. The number of fused-ring (bicyclic) bond motifs is 5. The normalized spacial score (nSPS) is 28.9. The summed E-state index contributed by atoms with van der Waals surface area (Å²) in [6.45, 7) is -37.6. The number of hydrogen-bond acceptors (Lipinski definition) is 54. The quantitative estimate of drug-likeness (QED) is 0.0166. The fourth-order valence-corrected chi connectivity index (χ4v) is 26.6. The number of imidazole rings is 5. The number of ether oxygens (including phenoxy) is 7. The largest absolute Gasteiger partial charge is 0.390 e. The number of nitrogens with two attached hydrogens (primary N) is 7. The number of nitrogens with zero attached hydrogens (tertiary/aromatic N) is 19. The molecule has 0 amide bonds. The van der Waals surface area contributed by atoms with Gasteiger partial charge in [-0.25, -0.2) is 34.5 Å². The molecular weight excluding hydrogens is 2270 g/mol. The zero-order chi connectivity index (χ0) is 106. The summed E-state index contributed by atoms with van der Waals surface area (Å²) in [4.78, 5) is 245. The van der Waals surface area contributed by atoms with Gasteiger partial charge in [-0.3, -0.25) is 80.9 Å². The summed E-state index contributed by atoms with van der Waals surface area (Å²) in [5.41, 5.74) is 34.8. The molecule has 7 aliphatic heterocycles. The van der Waals surface area contributed by atoms with Crippen molar-refractivity contribution in [2.24, 2.45) is 0 Å². The van der Waals surface area contributed by atoms with Gasteiger partial charge in [0.25, 0.3) is 27.8 Å². The second-order valence-electron chi connectivity index (χ2n) is 33.8. The van der Waals surface area contributed by atoms with Gasteiger partial charge in [-0.1, -0.05) is 0 Å². The van der Waals surface area contributed by atoms with Gasteiger partial charge < -0.3 is 176 Å². The van der Waals surface area contributed by atoms with E-state index < -0.39 is 262 Å². The summed E-state index contributed by atoms with van der Waals surface area (Å²) in [6, 6.07) is 2.57. The van der Waals surface area contributed by atoms with E-state index in [2.05, 4.69) is 96.5 Å². The van der Waals surface area contributed by atoms with Gasteiger partial charge >= 0.3 is 58.4 Å². The first-order valence-corrected chi connectivity index (χ1v) is 61.7. The lowest BCUT2D eigenvalue weighted by molar-refractivity contribution is -0.0570. The van der Waals surface area contributed by atoms with E-state index in [-0.39, 0.29) is 142 Å². The molecule has 27 unspecified atom stereocenters.